The number of aromatic nitrogens is 4. The van der Waals surface area contributed by atoms with Crippen molar-refractivity contribution >= 4 is 33.6 Å². The molecule has 3 rings (SSSR count). The molecule has 8 nitrogen and oxygen atoms in total. The first-order valence-electron chi connectivity index (χ1n) is 11.8. The summed E-state index contributed by atoms with van der Waals surface area (Å²) in [6.07, 6.45) is 3.43. The van der Waals surface area contributed by atoms with Gasteiger partial charge in [-0.25, -0.2) is 15.0 Å². The predicted octanol–water partition coefficient (Wildman–Crippen LogP) is 5.50. The molecule has 1 aliphatic rings. The van der Waals surface area contributed by atoms with Gasteiger partial charge in [-0.05, 0) is 43.2 Å². The molecule has 1 aliphatic heterocycles. The van der Waals surface area contributed by atoms with Crippen LogP contribution in [-0.2, 0) is 13.6 Å². The molecule has 1 saturated heterocycles. The van der Waals surface area contributed by atoms with Crippen LogP contribution in [0.15, 0.2) is 12.7 Å². The number of hydrogen-bond donors (Lipinski definition) is 1. The first-order valence-corrected chi connectivity index (χ1v) is 17.6. The fourth-order valence-electron chi connectivity index (χ4n) is 3.53. The average Bonchev–Trinajstić information content (AvgIpc) is 3.20. The van der Waals surface area contributed by atoms with Gasteiger partial charge in [-0.3, -0.25) is 4.57 Å². The summed E-state index contributed by atoms with van der Waals surface area (Å²) in [6.45, 7) is 25.3. The molecule has 33 heavy (non-hydrogen) atoms. The molecule has 0 aromatic carbocycles. The van der Waals surface area contributed by atoms with Crippen molar-refractivity contribution in [1.82, 2.24) is 19.5 Å². The van der Waals surface area contributed by atoms with Gasteiger partial charge in [0, 0.05) is 6.42 Å². The molecule has 2 N–H and O–H groups in total. The lowest BCUT2D eigenvalue weighted by atomic mass is 10.0. The van der Waals surface area contributed by atoms with Crippen molar-refractivity contribution in [3.63, 3.8) is 0 Å². The summed E-state index contributed by atoms with van der Waals surface area (Å²) < 4.78 is 22.2. The molecular weight excluding hydrogens is 450 g/mol. The van der Waals surface area contributed by atoms with E-state index in [9.17, 15) is 0 Å². The van der Waals surface area contributed by atoms with Crippen LogP contribution in [-0.4, -0.2) is 54.5 Å². The van der Waals surface area contributed by atoms with Crippen molar-refractivity contribution in [3.05, 3.63) is 12.7 Å². The van der Waals surface area contributed by atoms with E-state index in [4.69, 9.17) is 19.3 Å². The van der Waals surface area contributed by atoms with Gasteiger partial charge in [-0.15, -0.1) is 0 Å². The Hall–Kier alpha value is -1.34. The predicted molar refractivity (Wildman–Crippen MR) is 138 cm³/mol. The maximum Gasteiger partial charge on any atom is 0.192 e. The quantitative estimate of drug-likeness (QED) is 0.531. The van der Waals surface area contributed by atoms with Gasteiger partial charge in [0.2, 0.25) is 0 Å². The molecule has 2 aromatic heterocycles. The first-order chi connectivity index (χ1) is 14.9. The van der Waals surface area contributed by atoms with Crippen molar-refractivity contribution in [2.24, 2.45) is 0 Å². The fourth-order valence-corrected chi connectivity index (χ4v) is 5.94. The summed E-state index contributed by atoms with van der Waals surface area (Å²) >= 11 is 0. The van der Waals surface area contributed by atoms with Crippen LogP contribution >= 0.6 is 0 Å². The first kappa shape index (κ1) is 26.3. The summed E-state index contributed by atoms with van der Waals surface area (Å²) in [5.41, 5.74) is 6.80. The van der Waals surface area contributed by atoms with Crippen LogP contribution < -0.4 is 5.73 Å². The number of imidazole rings is 1. The van der Waals surface area contributed by atoms with Gasteiger partial charge < -0.3 is 19.3 Å². The molecule has 0 amide bonds. The standard InChI is InChI=1S/C23H43N5O3Si2/c1-21(2,3)32(8,9)29-13-23(7)12-16(31-33(10,11)22(4,5)6)20(30-23)28-15-27-17-18(24)25-14-26-19(17)28/h14-16,20H,12-13H2,1-11H3,(H2,24,25,26)/t16-,20-,23-/m1/s1. The van der Waals surface area contributed by atoms with Crippen molar-refractivity contribution in [3.8, 4) is 0 Å². The lowest BCUT2D eigenvalue weighted by Gasteiger charge is -2.39. The monoisotopic (exact) mass is 493 g/mol. The molecule has 0 aliphatic carbocycles. The third-order valence-corrected chi connectivity index (χ3v) is 16.8. The van der Waals surface area contributed by atoms with Gasteiger partial charge in [0.15, 0.2) is 34.3 Å². The van der Waals surface area contributed by atoms with Gasteiger partial charge in [-0.2, -0.15) is 0 Å². The second kappa shape index (κ2) is 8.40. The lowest BCUT2D eigenvalue weighted by Crippen LogP contribution is -2.46. The van der Waals surface area contributed by atoms with Crippen LogP contribution in [0.1, 0.15) is 61.1 Å². The van der Waals surface area contributed by atoms with Crippen molar-refractivity contribution in [2.75, 3.05) is 12.3 Å². The molecule has 0 spiro atoms. The number of anilines is 1. The topological polar surface area (TPSA) is 97.3 Å². The molecule has 0 radical (unpaired) electrons. The zero-order chi connectivity index (χ0) is 25.0. The summed E-state index contributed by atoms with van der Waals surface area (Å²) in [7, 11) is -3.98. The van der Waals surface area contributed by atoms with E-state index in [0.717, 1.165) is 6.42 Å². The number of hydrogen-bond acceptors (Lipinski definition) is 7. The minimum atomic E-state index is -2.06. The summed E-state index contributed by atoms with van der Waals surface area (Å²) in [5, 5.41) is 0.213. The Morgan fingerprint density at radius 2 is 1.67 bits per heavy atom. The minimum Gasteiger partial charge on any atom is -0.414 e. The molecule has 3 heterocycles. The summed E-state index contributed by atoms with van der Waals surface area (Å²) in [6, 6.07) is 0. The molecule has 186 valence electrons. The SMILES string of the molecule is CC(C)(C)[Si](C)(C)OC[C@@]1(C)C[C@@H](O[Si](C)(C)C(C)(C)C)[C@H](n2cnc3c(N)ncnc32)O1. The van der Waals surface area contributed by atoms with Crippen LogP contribution in [0.3, 0.4) is 0 Å². The Morgan fingerprint density at radius 3 is 2.24 bits per heavy atom. The van der Waals surface area contributed by atoms with Gasteiger partial charge in [-0.1, -0.05) is 41.5 Å². The van der Waals surface area contributed by atoms with E-state index >= 15 is 0 Å². The Balaban J connectivity index is 1.95. The van der Waals surface area contributed by atoms with Crippen LogP contribution in [0.2, 0.25) is 36.3 Å². The number of nitrogens with two attached hydrogens (primary N) is 1. The minimum absolute atomic E-state index is 0.0811. The number of nitrogens with zero attached hydrogens (tertiary/aromatic N) is 4. The Morgan fingerprint density at radius 1 is 1.06 bits per heavy atom. The van der Waals surface area contributed by atoms with E-state index < -0.39 is 22.2 Å². The maximum atomic E-state index is 6.92. The third kappa shape index (κ3) is 5.19. The van der Waals surface area contributed by atoms with E-state index in [-0.39, 0.29) is 22.4 Å². The highest BCUT2D eigenvalue weighted by atomic mass is 28.4. The molecule has 0 unspecified atom stereocenters. The third-order valence-electron chi connectivity index (χ3n) is 7.81. The van der Waals surface area contributed by atoms with Crippen molar-refractivity contribution in [1.29, 1.82) is 0 Å². The second-order valence-electron chi connectivity index (χ2n) is 12.7. The van der Waals surface area contributed by atoms with Gasteiger partial charge in [0.05, 0.1) is 24.6 Å². The second-order valence-corrected chi connectivity index (χ2v) is 22.3. The summed E-state index contributed by atoms with van der Waals surface area (Å²) in [5.74, 6) is 0.364. The maximum absolute atomic E-state index is 6.92. The average molecular weight is 494 g/mol. The zero-order valence-corrected chi connectivity index (χ0v) is 24.3. The zero-order valence-electron chi connectivity index (χ0n) is 22.3. The van der Waals surface area contributed by atoms with E-state index in [2.05, 4.69) is 89.6 Å². The van der Waals surface area contributed by atoms with Gasteiger partial charge in [0.25, 0.3) is 0 Å². The molecule has 10 heteroatoms. The highest BCUT2D eigenvalue weighted by Gasteiger charge is 2.51. The van der Waals surface area contributed by atoms with Gasteiger partial charge in [0.1, 0.15) is 11.8 Å². The summed E-state index contributed by atoms with van der Waals surface area (Å²) in [4.78, 5) is 13.0. The fraction of sp³-hybridized carbons (Fsp3) is 0.783. The molecular formula is C23H43N5O3Si2. The van der Waals surface area contributed by atoms with Gasteiger partial charge >= 0.3 is 0 Å². The van der Waals surface area contributed by atoms with E-state index in [0.29, 0.717) is 23.6 Å². The van der Waals surface area contributed by atoms with E-state index in [1.165, 1.54) is 6.33 Å². The number of rotatable bonds is 6. The molecule has 1 fully saturated rings. The van der Waals surface area contributed by atoms with Crippen LogP contribution in [0.4, 0.5) is 5.82 Å². The normalized spacial score (nSPS) is 25.2. The highest BCUT2D eigenvalue weighted by Crippen LogP contribution is 2.46. The van der Waals surface area contributed by atoms with Crippen LogP contribution in [0.5, 0.6) is 0 Å². The molecule has 2 aromatic rings. The molecule has 0 bridgehead atoms. The van der Waals surface area contributed by atoms with Crippen molar-refractivity contribution < 1.29 is 13.6 Å². The van der Waals surface area contributed by atoms with Crippen LogP contribution in [0, 0.1) is 0 Å². The Kier molecular flexibility index (Phi) is 6.69. The molecule has 3 atom stereocenters. The van der Waals surface area contributed by atoms with Crippen LogP contribution in [0.25, 0.3) is 11.2 Å². The smallest absolute Gasteiger partial charge is 0.192 e. The largest absolute Gasteiger partial charge is 0.414 e. The van der Waals surface area contributed by atoms with E-state index in [1.807, 2.05) is 4.57 Å². The Labute approximate surface area is 200 Å². The highest BCUT2D eigenvalue weighted by molar-refractivity contribution is 6.74. The lowest BCUT2D eigenvalue weighted by molar-refractivity contribution is -0.0944. The van der Waals surface area contributed by atoms with E-state index in [1.54, 1.807) is 6.33 Å². The molecule has 0 saturated carbocycles. The van der Waals surface area contributed by atoms with Crippen molar-refractivity contribution in [2.45, 2.75) is 109 Å². The number of nitrogen functional groups attached to an aromatic ring is 1. The number of ether oxygens (including phenoxy) is 1. The Bertz CT molecular complexity index is 996. The number of fused-ring (bicyclic) bond motifs is 1.